The van der Waals surface area contributed by atoms with E-state index in [0.29, 0.717) is 31.7 Å². The number of benzene rings is 1. The van der Waals surface area contributed by atoms with Crippen molar-refractivity contribution in [2.24, 2.45) is 7.05 Å². The first kappa shape index (κ1) is 22.8. The summed E-state index contributed by atoms with van der Waals surface area (Å²) in [6.07, 6.45) is 4.25. The molecule has 1 aromatic carbocycles. The van der Waals surface area contributed by atoms with Crippen LogP contribution >= 0.6 is 0 Å². The van der Waals surface area contributed by atoms with E-state index in [2.05, 4.69) is 21.3 Å². The van der Waals surface area contributed by atoms with Crippen LogP contribution in [-0.4, -0.2) is 28.6 Å². The highest BCUT2D eigenvalue weighted by Crippen LogP contribution is 2.32. The van der Waals surface area contributed by atoms with Crippen LogP contribution in [0.4, 0.5) is 5.69 Å². The molecule has 0 aliphatic carbocycles. The minimum absolute atomic E-state index is 0.0741. The smallest absolute Gasteiger partial charge is 0.253 e. The number of aryl methyl sites for hydroxylation is 1. The molecular weight excluding hydrogens is 442 g/mol. The van der Waals surface area contributed by atoms with E-state index in [1.165, 1.54) is 0 Å². The number of hydrogen-bond acceptors (Lipinski definition) is 6. The number of rotatable bonds is 4. The van der Waals surface area contributed by atoms with Gasteiger partial charge >= 0.3 is 0 Å². The number of nitriles is 1. The fourth-order valence-electron chi connectivity index (χ4n) is 4.81. The molecular formula is C27H27N5O3. The Hall–Kier alpha value is -3.96. The summed E-state index contributed by atoms with van der Waals surface area (Å²) in [5.41, 5.74) is 5.30. The van der Waals surface area contributed by atoms with E-state index in [9.17, 15) is 14.9 Å². The molecule has 4 heterocycles. The molecule has 0 fully saturated rings. The second kappa shape index (κ2) is 9.01. The number of carbonyl (C=O) groups is 1. The Morgan fingerprint density at radius 3 is 2.94 bits per heavy atom. The van der Waals surface area contributed by atoms with Gasteiger partial charge in [-0.15, -0.1) is 0 Å². The summed E-state index contributed by atoms with van der Waals surface area (Å²) >= 11 is 0. The van der Waals surface area contributed by atoms with Crippen LogP contribution in [0.3, 0.4) is 0 Å². The van der Waals surface area contributed by atoms with Gasteiger partial charge in [-0.3, -0.25) is 14.6 Å². The number of nitrogens with one attached hydrogen (secondary N) is 1. The molecule has 5 rings (SSSR count). The number of fused-ring (bicyclic) bond motifs is 2. The highest BCUT2D eigenvalue weighted by atomic mass is 16.5. The number of nitrogens with zero attached hydrogens (tertiary/aromatic N) is 4. The molecule has 2 aliphatic heterocycles. The lowest BCUT2D eigenvalue weighted by Gasteiger charge is -2.30. The second-order valence-corrected chi connectivity index (χ2v) is 9.40. The third-order valence-corrected chi connectivity index (χ3v) is 6.92. The molecule has 0 spiro atoms. The van der Waals surface area contributed by atoms with E-state index in [-0.39, 0.29) is 18.0 Å². The van der Waals surface area contributed by atoms with Crippen molar-refractivity contribution in [2.45, 2.75) is 38.5 Å². The van der Waals surface area contributed by atoms with Crippen molar-refractivity contribution in [1.82, 2.24) is 14.9 Å². The number of carbonyl (C=O) groups excluding carboxylic acids is 1. The number of amides is 1. The highest BCUT2D eigenvalue weighted by Gasteiger charge is 2.33. The lowest BCUT2D eigenvalue weighted by atomic mass is 9.79. The van der Waals surface area contributed by atoms with Gasteiger partial charge in [0.25, 0.3) is 11.5 Å². The van der Waals surface area contributed by atoms with Crippen LogP contribution in [0.25, 0.3) is 0 Å². The first-order chi connectivity index (χ1) is 16.9. The second-order valence-electron chi connectivity index (χ2n) is 9.40. The number of hydrogen-bond donors (Lipinski definition) is 1. The van der Waals surface area contributed by atoms with Crippen LogP contribution in [0.1, 0.15) is 45.2 Å². The van der Waals surface area contributed by atoms with Gasteiger partial charge in [0, 0.05) is 49.3 Å². The molecule has 0 saturated carbocycles. The number of aromatic nitrogens is 2. The molecule has 8 nitrogen and oxygen atoms in total. The summed E-state index contributed by atoms with van der Waals surface area (Å²) < 4.78 is 7.17. The van der Waals surface area contributed by atoms with Crippen molar-refractivity contribution in [1.29, 1.82) is 5.26 Å². The zero-order chi connectivity index (χ0) is 24.6. The zero-order valence-corrected chi connectivity index (χ0v) is 19.9. The molecule has 2 aromatic heterocycles. The molecule has 1 N–H and O–H groups in total. The Labute approximate surface area is 203 Å². The Morgan fingerprint density at radius 2 is 2.11 bits per heavy atom. The topological polar surface area (TPSA) is 100 Å². The standard InChI is InChI=1S/C27H27N5O3/c1-27(16-28)17-35-15-20-4-3-18(11-24(20)27)25(33)30-13-21-12-22(5-8-29-21)32-10-7-23-19(14-32)6-9-31(2)26(23)34/h3-6,8-9,11-12H,7,10,13-15,17H2,1-2H3,(H,30,33)/t27-/m1/s1. The van der Waals surface area contributed by atoms with Crippen molar-refractivity contribution < 1.29 is 9.53 Å². The average Bonchev–Trinajstić information content (AvgIpc) is 2.89. The van der Waals surface area contributed by atoms with Crippen LogP contribution in [0.2, 0.25) is 0 Å². The molecule has 0 radical (unpaired) electrons. The van der Waals surface area contributed by atoms with Crippen LogP contribution in [0.5, 0.6) is 0 Å². The summed E-state index contributed by atoms with van der Waals surface area (Å²) in [4.78, 5) is 31.9. The van der Waals surface area contributed by atoms with Gasteiger partial charge in [-0.05, 0) is 60.4 Å². The van der Waals surface area contributed by atoms with Gasteiger partial charge < -0.3 is 19.5 Å². The summed E-state index contributed by atoms with van der Waals surface area (Å²) in [5, 5.41) is 12.6. The molecule has 0 bridgehead atoms. The van der Waals surface area contributed by atoms with E-state index in [4.69, 9.17) is 4.74 Å². The van der Waals surface area contributed by atoms with E-state index >= 15 is 0 Å². The first-order valence-electron chi connectivity index (χ1n) is 11.7. The predicted molar refractivity (Wildman–Crippen MR) is 131 cm³/mol. The maximum Gasteiger partial charge on any atom is 0.253 e. The molecule has 2 aliphatic rings. The van der Waals surface area contributed by atoms with Crippen LogP contribution in [0, 0.1) is 11.3 Å². The molecule has 178 valence electrons. The Balaban J connectivity index is 1.28. The summed E-state index contributed by atoms with van der Waals surface area (Å²) in [6.45, 7) is 4.29. The van der Waals surface area contributed by atoms with Crippen molar-refractivity contribution >= 4 is 11.6 Å². The molecule has 3 aromatic rings. The van der Waals surface area contributed by atoms with Gasteiger partial charge in [-0.25, -0.2) is 0 Å². The zero-order valence-electron chi connectivity index (χ0n) is 19.9. The molecule has 0 unspecified atom stereocenters. The maximum atomic E-state index is 12.9. The monoisotopic (exact) mass is 469 g/mol. The van der Waals surface area contributed by atoms with Gasteiger partial charge in [0.15, 0.2) is 0 Å². The molecule has 35 heavy (non-hydrogen) atoms. The lowest BCUT2D eigenvalue weighted by molar-refractivity contribution is 0.0757. The first-order valence-corrected chi connectivity index (χ1v) is 11.7. The van der Waals surface area contributed by atoms with Gasteiger partial charge in [0.2, 0.25) is 0 Å². The summed E-state index contributed by atoms with van der Waals surface area (Å²) in [7, 11) is 1.78. The number of anilines is 1. The van der Waals surface area contributed by atoms with E-state index < -0.39 is 5.41 Å². The average molecular weight is 470 g/mol. The SMILES string of the molecule is Cn1ccc2c(c1=O)CCN(c1ccnc(CNC(=O)c3ccc4c(c3)[C@](C)(C#N)COC4)c1)C2. The minimum atomic E-state index is -0.767. The minimum Gasteiger partial charge on any atom is -0.375 e. The number of pyridine rings is 2. The Bertz CT molecular complexity index is 1410. The molecule has 8 heteroatoms. The third kappa shape index (κ3) is 4.31. The van der Waals surface area contributed by atoms with Crippen LogP contribution in [0.15, 0.2) is 53.6 Å². The fraction of sp³-hybridized carbons (Fsp3) is 0.333. The van der Waals surface area contributed by atoms with Gasteiger partial charge in [0.1, 0.15) is 5.41 Å². The highest BCUT2D eigenvalue weighted by molar-refractivity contribution is 5.94. The van der Waals surface area contributed by atoms with Crippen LogP contribution in [-0.2, 0) is 43.3 Å². The molecule has 0 saturated heterocycles. The largest absolute Gasteiger partial charge is 0.375 e. The lowest BCUT2D eigenvalue weighted by Crippen LogP contribution is -2.35. The Kier molecular flexibility index (Phi) is 5.87. The van der Waals surface area contributed by atoms with Crippen molar-refractivity contribution in [3.8, 4) is 6.07 Å². The van der Waals surface area contributed by atoms with Gasteiger partial charge in [-0.1, -0.05) is 6.07 Å². The Morgan fingerprint density at radius 1 is 1.26 bits per heavy atom. The quantitative estimate of drug-likeness (QED) is 0.631. The van der Waals surface area contributed by atoms with E-state index in [0.717, 1.165) is 40.2 Å². The number of ether oxygens (including phenoxy) is 1. The summed E-state index contributed by atoms with van der Waals surface area (Å²) in [5.74, 6) is -0.213. The molecule has 1 atom stereocenters. The third-order valence-electron chi connectivity index (χ3n) is 6.92. The van der Waals surface area contributed by atoms with Gasteiger partial charge in [-0.2, -0.15) is 5.26 Å². The molecule has 1 amide bonds. The maximum absolute atomic E-state index is 12.9. The fourth-order valence-corrected chi connectivity index (χ4v) is 4.81. The van der Waals surface area contributed by atoms with Gasteiger partial charge in [0.05, 0.1) is 31.5 Å². The van der Waals surface area contributed by atoms with Crippen LogP contribution < -0.4 is 15.8 Å². The van der Waals surface area contributed by atoms with E-state index in [1.54, 1.807) is 29.9 Å². The van der Waals surface area contributed by atoms with Crippen molar-refractivity contribution in [3.05, 3.63) is 92.7 Å². The van der Waals surface area contributed by atoms with Crippen molar-refractivity contribution in [2.75, 3.05) is 18.1 Å². The summed E-state index contributed by atoms with van der Waals surface area (Å²) in [6, 6.07) is 13.7. The predicted octanol–water partition coefficient (Wildman–Crippen LogP) is 2.58. The van der Waals surface area contributed by atoms with Crippen molar-refractivity contribution in [3.63, 3.8) is 0 Å². The normalized spacial score (nSPS) is 18.8. The van der Waals surface area contributed by atoms with E-state index in [1.807, 2.05) is 37.4 Å².